The topological polar surface area (TPSA) is 137 Å². The van der Waals surface area contributed by atoms with Crippen molar-refractivity contribution in [3.8, 4) is 6.07 Å². The lowest BCUT2D eigenvalue weighted by Crippen LogP contribution is -2.55. The average Bonchev–Trinajstić information content (AvgIpc) is 2.88. The number of carbonyl (C=O) groups excluding carboxylic acids is 4. The number of carbonyl (C=O) groups is 4. The van der Waals surface area contributed by atoms with Crippen LogP contribution in [0.3, 0.4) is 0 Å². The molecule has 1 aliphatic rings. The molecule has 0 aromatic heterocycles. The van der Waals surface area contributed by atoms with Gasteiger partial charge < -0.3 is 20.7 Å². The van der Waals surface area contributed by atoms with Crippen molar-refractivity contribution in [1.29, 1.82) is 5.26 Å². The molecular weight excluding hydrogens is 472 g/mol. The number of amides is 3. The number of nitrogens with zero attached hydrogens (tertiary/aromatic N) is 1. The fourth-order valence-electron chi connectivity index (χ4n) is 4.27. The molecule has 1 heterocycles. The molecule has 202 valence electrons. The molecule has 9 nitrogen and oxygen atoms in total. The number of benzene rings is 1. The van der Waals surface area contributed by atoms with E-state index in [0.717, 1.165) is 19.3 Å². The Bertz CT molecular complexity index is 1000. The summed E-state index contributed by atoms with van der Waals surface area (Å²) in [6, 6.07) is 6.04. The van der Waals surface area contributed by atoms with E-state index in [4.69, 9.17) is 4.74 Å². The van der Waals surface area contributed by atoms with E-state index in [0.29, 0.717) is 17.5 Å². The molecule has 37 heavy (non-hydrogen) atoms. The van der Waals surface area contributed by atoms with Crippen LogP contribution in [-0.4, -0.2) is 47.9 Å². The minimum Gasteiger partial charge on any atom is -0.460 e. The van der Waals surface area contributed by atoms with Crippen LogP contribution in [0.25, 0.3) is 0 Å². The zero-order chi connectivity index (χ0) is 27.5. The van der Waals surface area contributed by atoms with Crippen molar-refractivity contribution in [1.82, 2.24) is 16.0 Å². The number of nitrogens with one attached hydrogen (secondary N) is 3. The minimum atomic E-state index is -0.981. The van der Waals surface area contributed by atoms with Gasteiger partial charge in [0.2, 0.25) is 17.7 Å². The van der Waals surface area contributed by atoms with Crippen molar-refractivity contribution in [3.05, 3.63) is 35.4 Å². The molecular formula is C28H40N4O5. The molecule has 0 radical (unpaired) electrons. The van der Waals surface area contributed by atoms with Gasteiger partial charge in [0.05, 0.1) is 18.1 Å². The summed E-state index contributed by atoms with van der Waals surface area (Å²) in [5.74, 6) is -2.34. The second kappa shape index (κ2) is 14.4. The Labute approximate surface area is 219 Å². The van der Waals surface area contributed by atoms with E-state index in [1.807, 2.05) is 20.8 Å². The Kier molecular flexibility index (Phi) is 11.6. The van der Waals surface area contributed by atoms with E-state index in [9.17, 15) is 24.4 Å². The van der Waals surface area contributed by atoms with Crippen LogP contribution in [0.4, 0.5) is 0 Å². The van der Waals surface area contributed by atoms with Crippen molar-refractivity contribution in [2.45, 2.75) is 97.4 Å². The largest absolute Gasteiger partial charge is 0.460 e. The van der Waals surface area contributed by atoms with Crippen LogP contribution in [0.5, 0.6) is 0 Å². The first-order chi connectivity index (χ1) is 17.6. The maximum absolute atomic E-state index is 13.2. The molecule has 1 aliphatic heterocycles. The zero-order valence-corrected chi connectivity index (χ0v) is 22.5. The minimum absolute atomic E-state index is 0.0911. The molecule has 0 bridgehead atoms. The average molecular weight is 513 g/mol. The molecule has 1 fully saturated rings. The molecule has 0 aliphatic carbocycles. The second-order valence-corrected chi connectivity index (χ2v) is 10.0. The highest BCUT2D eigenvalue weighted by Crippen LogP contribution is 2.21. The summed E-state index contributed by atoms with van der Waals surface area (Å²) in [4.78, 5) is 52.5. The molecule has 2 rings (SSSR count). The Hall–Kier alpha value is -3.41. The van der Waals surface area contributed by atoms with Gasteiger partial charge in [-0.15, -0.1) is 0 Å². The van der Waals surface area contributed by atoms with E-state index in [1.165, 1.54) is 6.92 Å². The maximum Gasteiger partial charge on any atom is 0.329 e. The van der Waals surface area contributed by atoms with E-state index in [-0.39, 0.29) is 24.7 Å². The van der Waals surface area contributed by atoms with Gasteiger partial charge in [0.15, 0.2) is 0 Å². The molecule has 3 amide bonds. The zero-order valence-electron chi connectivity index (χ0n) is 22.5. The van der Waals surface area contributed by atoms with Crippen molar-refractivity contribution >= 4 is 23.7 Å². The molecule has 3 N–H and O–H groups in total. The molecule has 1 aromatic carbocycles. The molecule has 0 unspecified atom stereocenters. The molecule has 6 atom stereocenters. The van der Waals surface area contributed by atoms with Crippen molar-refractivity contribution in [2.75, 3.05) is 0 Å². The van der Waals surface area contributed by atoms with Gasteiger partial charge in [0.1, 0.15) is 24.2 Å². The first-order valence-corrected chi connectivity index (χ1v) is 13.2. The summed E-state index contributed by atoms with van der Waals surface area (Å²) in [7, 11) is 0. The third-order valence-electron chi connectivity index (χ3n) is 6.97. The van der Waals surface area contributed by atoms with Gasteiger partial charge in [-0.05, 0) is 42.9 Å². The van der Waals surface area contributed by atoms with Crippen molar-refractivity contribution in [3.63, 3.8) is 0 Å². The first-order valence-electron chi connectivity index (χ1n) is 13.2. The normalized spacial score (nSPS) is 25.1. The predicted octanol–water partition coefficient (Wildman–Crippen LogP) is 2.76. The summed E-state index contributed by atoms with van der Waals surface area (Å²) in [6.45, 7) is 9.29. The SMILES string of the molecule is CCCC[C@H](C)[C@H]1CC(=O)N[C@@H](Cc2cccc(C#N)c2)C(=O)N[C@@H](C)C(=O)N[C@@H]([C@H](C)CC)C(=O)O1. The third-order valence-corrected chi connectivity index (χ3v) is 6.97. The monoisotopic (exact) mass is 512 g/mol. The highest BCUT2D eigenvalue weighted by molar-refractivity contribution is 5.94. The van der Waals surface area contributed by atoms with E-state index in [1.54, 1.807) is 24.3 Å². The van der Waals surface area contributed by atoms with E-state index >= 15 is 0 Å². The van der Waals surface area contributed by atoms with Crippen molar-refractivity contribution in [2.24, 2.45) is 11.8 Å². The molecule has 1 aromatic rings. The Morgan fingerprint density at radius 1 is 1.05 bits per heavy atom. The van der Waals surface area contributed by atoms with Crippen LogP contribution in [0.2, 0.25) is 0 Å². The molecule has 1 saturated heterocycles. The quantitative estimate of drug-likeness (QED) is 0.458. The van der Waals surface area contributed by atoms with Crippen LogP contribution >= 0.6 is 0 Å². The first kappa shape index (κ1) is 29.8. The van der Waals surface area contributed by atoms with E-state index < -0.39 is 47.9 Å². The van der Waals surface area contributed by atoms with Crippen LogP contribution < -0.4 is 16.0 Å². The maximum atomic E-state index is 13.2. The van der Waals surface area contributed by atoms with E-state index in [2.05, 4.69) is 28.9 Å². The summed E-state index contributed by atoms with van der Waals surface area (Å²) < 4.78 is 5.87. The van der Waals surface area contributed by atoms with Gasteiger partial charge in [-0.3, -0.25) is 14.4 Å². The number of nitriles is 1. The van der Waals surface area contributed by atoms with Gasteiger partial charge in [0, 0.05) is 6.42 Å². The summed E-state index contributed by atoms with van der Waals surface area (Å²) in [6.07, 6.45) is 2.60. The third kappa shape index (κ3) is 8.88. The van der Waals surface area contributed by atoms with Crippen LogP contribution in [0, 0.1) is 23.2 Å². The molecule has 0 saturated carbocycles. The summed E-state index contributed by atoms with van der Waals surface area (Å²) in [5.41, 5.74) is 1.13. The van der Waals surface area contributed by atoms with Crippen LogP contribution in [-0.2, 0) is 30.3 Å². The molecule has 9 heteroatoms. The number of esters is 1. The van der Waals surface area contributed by atoms with Gasteiger partial charge in [-0.25, -0.2) is 4.79 Å². The Morgan fingerprint density at radius 3 is 2.43 bits per heavy atom. The van der Waals surface area contributed by atoms with Crippen LogP contribution in [0.1, 0.15) is 77.8 Å². The van der Waals surface area contributed by atoms with Gasteiger partial charge in [-0.1, -0.05) is 59.1 Å². The second-order valence-electron chi connectivity index (χ2n) is 10.0. The summed E-state index contributed by atoms with van der Waals surface area (Å²) >= 11 is 0. The highest BCUT2D eigenvalue weighted by Gasteiger charge is 2.35. The van der Waals surface area contributed by atoms with Crippen molar-refractivity contribution < 1.29 is 23.9 Å². The number of cyclic esters (lactones) is 1. The number of hydrogen-bond acceptors (Lipinski definition) is 6. The fraction of sp³-hybridized carbons (Fsp3) is 0.607. The Balaban J connectivity index is 2.40. The molecule has 0 spiro atoms. The number of rotatable bonds is 8. The van der Waals surface area contributed by atoms with Crippen LogP contribution in [0.15, 0.2) is 24.3 Å². The lowest BCUT2D eigenvalue weighted by atomic mass is 9.94. The lowest BCUT2D eigenvalue weighted by Gasteiger charge is -2.29. The number of unbranched alkanes of at least 4 members (excludes halogenated alkanes) is 1. The number of ether oxygens (including phenoxy) is 1. The predicted molar refractivity (Wildman–Crippen MR) is 139 cm³/mol. The fourth-order valence-corrected chi connectivity index (χ4v) is 4.27. The standard InChI is InChI=1S/C28H40N4O5/c1-6-8-10-18(4)23-15-24(33)31-22(14-20-11-9-12-21(13-20)16-29)27(35)30-19(5)26(34)32-25(17(3)7-2)28(36)37-23/h9,11-13,17-19,22-23,25H,6-8,10,14-15H2,1-5H3,(H,30,35)(H,31,33)(H,32,34)/t17-,18+,19+,22+,23-,25+/m1/s1. The van der Waals surface area contributed by atoms with Gasteiger partial charge in [0.25, 0.3) is 0 Å². The lowest BCUT2D eigenvalue weighted by molar-refractivity contribution is -0.158. The van der Waals surface area contributed by atoms with Gasteiger partial charge in [-0.2, -0.15) is 5.26 Å². The smallest absolute Gasteiger partial charge is 0.329 e. The van der Waals surface area contributed by atoms with Gasteiger partial charge >= 0.3 is 5.97 Å². The highest BCUT2D eigenvalue weighted by atomic mass is 16.5. The summed E-state index contributed by atoms with van der Waals surface area (Å²) in [5, 5.41) is 17.4. The Morgan fingerprint density at radius 2 is 1.78 bits per heavy atom. The number of hydrogen-bond donors (Lipinski definition) is 3.